The second-order valence-electron chi connectivity index (χ2n) is 3.56. The van der Waals surface area contributed by atoms with Crippen molar-refractivity contribution in [1.29, 1.82) is 0 Å². The van der Waals surface area contributed by atoms with Crippen LogP contribution in [0.4, 0.5) is 5.69 Å². The van der Waals surface area contributed by atoms with Crippen LogP contribution in [-0.2, 0) is 0 Å². The molecule has 0 saturated heterocycles. The van der Waals surface area contributed by atoms with Crippen molar-refractivity contribution in [3.63, 3.8) is 0 Å². The third kappa shape index (κ3) is 1.65. The summed E-state index contributed by atoms with van der Waals surface area (Å²) in [5.41, 5.74) is 0.480. The summed E-state index contributed by atoms with van der Waals surface area (Å²) in [5, 5.41) is 12.0. The zero-order valence-corrected chi connectivity index (χ0v) is 8.64. The van der Waals surface area contributed by atoms with Crippen molar-refractivity contribution in [3.05, 3.63) is 62.3 Å². The van der Waals surface area contributed by atoms with Gasteiger partial charge < -0.3 is 0 Å². The summed E-state index contributed by atoms with van der Waals surface area (Å²) in [7, 11) is 0. The lowest BCUT2D eigenvalue weighted by atomic mass is 10.1. The van der Waals surface area contributed by atoms with E-state index < -0.39 is 4.92 Å². The quantitative estimate of drug-likeness (QED) is 0.542. The maximum atomic E-state index is 11.4. The number of nitro benzene ring substituents is 1. The Labute approximate surface area is 91.3 Å². The minimum Gasteiger partial charge on any atom is -0.290 e. The molecule has 2 rings (SSSR count). The van der Waals surface area contributed by atoms with E-state index in [2.05, 4.69) is 0 Å². The van der Waals surface area contributed by atoms with Gasteiger partial charge in [0.05, 0.1) is 10.3 Å². The largest absolute Gasteiger partial charge is 0.290 e. The smallest absolute Gasteiger partial charge is 0.277 e. The van der Waals surface area contributed by atoms with Crippen molar-refractivity contribution in [1.82, 2.24) is 0 Å². The first-order chi connectivity index (χ1) is 7.59. The normalized spacial score (nSPS) is 10.3. The van der Waals surface area contributed by atoms with Crippen molar-refractivity contribution < 1.29 is 4.92 Å². The maximum Gasteiger partial charge on any atom is 0.277 e. The fourth-order valence-corrected chi connectivity index (χ4v) is 1.63. The van der Waals surface area contributed by atoms with Gasteiger partial charge in [-0.25, -0.2) is 0 Å². The predicted molar refractivity (Wildman–Crippen MR) is 61.6 cm³/mol. The topological polar surface area (TPSA) is 60.2 Å². The molecule has 0 radical (unpaired) electrons. The zero-order chi connectivity index (χ0) is 11.7. The number of nitrogens with zero attached hydrogens (tertiary/aromatic N) is 1. The van der Waals surface area contributed by atoms with E-state index in [1.807, 2.05) is 0 Å². The van der Waals surface area contributed by atoms with Crippen molar-refractivity contribution >= 4 is 16.5 Å². The standard InChI is InChI=1S/C12H9NO3/c1-8-7-9-3-2-4-11(13(15)16)10(9)5-6-12(8)14/h2-7H,1H3. The number of aryl methyl sites for hydroxylation is 1. The molecule has 0 aliphatic rings. The van der Waals surface area contributed by atoms with Gasteiger partial charge in [-0.05, 0) is 36.1 Å². The number of hydrogen-bond donors (Lipinski definition) is 0. The lowest BCUT2D eigenvalue weighted by molar-refractivity contribution is -0.383. The highest BCUT2D eigenvalue weighted by Crippen LogP contribution is 2.23. The van der Waals surface area contributed by atoms with Gasteiger partial charge in [0.25, 0.3) is 5.69 Å². The second kappa shape index (κ2) is 3.73. The van der Waals surface area contributed by atoms with Gasteiger partial charge in [-0.2, -0.15) is 0 Å². The molecular weight excluding hydrogens is 206 g/mol. The summed E-state index contributed by atoms with van der Waals surface area (Å²) in [6, 6.07) is 9.35. The van der Waals surface area contributed by atoms with Crippen LogP contribution in [0, 0.1) is 17.0 Å². The molecule has 0 N–H and O–H groups in total. The van der Waals surface area contributed by atoms with Gasteiger partial charge in [-0.15, -0.1) is 0 Å². The van der Waals surface area contributed by atoms with E-state index in [0.717, 1.165) is 0 Å². The molecule has 80 valence electrons. The Morgan fingerprint density at radius 3 is 2.62 bits per heavy atom. The monoisotopic (exact) mass is 215 g/mol. The average Bonchev–Trinajstić information content (AvgIpc) is 2.39. The molecule has 2 aromatic carbocycles. The van der Waals surface area contributed by atoms with Crippen LogP contribution in [-0.4, -0.2) is 4.92 Å². The average molecular weight is 215 g/mol. The molecule has 4 heteroatoms. The third-order valence-corrected chi connectivity index (χ3v) is 2.48. The van der Waals surface area contributed by atoms with E-state index >= 15 is 0 Å². The van der Waals surface area contributed by atoms with Gasteiger partial charge in [-0.1, -0.05) is 12.1 Å². The van der Waals surface area contributed by atoms with Crippen LogP contribution in [0.15, 0.2) is 41.2 Å². The van der Waals surface area contributed by atoms with Crippen molar-refractivity contribution in [3.8, 4) is 0 Å². The van der Waals surface area contributed by atoms with E-state index in [1.54, 1.807) is 25.1 Å². The van der Waals surface area contributed by atoms with Crippen LogP contribution in [0.5, 0.6) is 0 Å². The van der Waals surface area contributed by atoms with Crippen LogP contribution >= 0.6 is 0 Å². The Balaban J connectivity index is 2.96. The molecule has 2 aromatic rings. The fourth-order valence-electron chi connectivity index (χ4n) is 1.63. The maximum absolute atomic E-state index is 11.4. The van der Waals surface area contributed by atoms with E-state index in [0.29, 0.717) is 16.3 Å². The highest BCUT2D eigenvalue weighted by atomic mass is 16.6. The number of benzene rings is 1. The van der Waals surface area contributed by atoms with E-state index in [-0.39, 0.29) is 11.1 Å². The molecule has 0 fully saturated rings. The fraction of sp³-hybridized carbons (Fsp3) is 0.0833. The van der Waals surface area contributed by atoms with Crippen LogP contribution in [0.2, 0.25) is 0 Å². The van der Waals surface area contributed by atoms with Gasteiger partial charge in [-0.3, -0.25) is 14.9 Å². The number of non-ortho nitro benzene ring substituents is 1. The molecule has 0 aliphatic heterocycles. The van der Waals surface area contributed by atoms with Crippen LogP contribution in [0.3, 0.4) is 0 Å². The molecule has 0 amide bonds. The Hall–Kier alpha value is -2.23. The second-order valence-corrected chi connectivity index (χ2v) is 3.56. The summed E-state index contributed by atoms with van der Waals surface area (Å²) < 4.78 is 0. The molecular formula is C12H9NO3. The van der Waals surface area contributed by atoms with Crippen molar-refractivity contribution in [2.24, 2.45) is 0 Å². The molecule has 0 aromatic heterocycles. The predicted octanol–water partition coefficient (Wildman–Crippen LogP) is 2.42. The van der Waals surface area contributed by atoms with Gasteiger partial charge in [0.1, 0.15) is 0 Å². The van der Waals surface area contributed by atoms with E-state index in [4.69, 9.17) is 0 Å². The lowest BCUT2D eigenvalue weighted by Gasteiger charge is -1.94. The first kappa shape index (κ1) is 10.3. The van der Waals surface area contributed by atoms with Crippen LogP contribution in [0.25, 0.3) is 10.8 Å². The number of rotatable bonds is 1. The Morgan fingerprint density at radius 1 is 1.19 bits per heavy atom. The number of fused-ring (bicyclic) bond motifs is 1. The first-order valence-electron chi connectivity index (χ1n) is 4.77. The summed E-state index contributed by atoms with van der Waals surface area (Å²) in [5.74, 6) is 0. The van der Waals surface area contributed by atoms with E-state index in [9.17, 15) is 14.9 Å². The summed E-state index contributed by atoms with van der Waals surface area (Å²) in [6.07, 6.45) is 0. The molecule has 0 bridgehead atoms. The molecule has 0 spiro atoms. The minimum absolute atomic E-state index is 0.0208. The highest BCUT2D eigenvalue weighted by Gasteiger charge is 2.09. The van der Waals surface area contributed by atoms with Gasteiger partial charge in [0.2, 0.25) is 0 Å². The number of nitro groups is 1. The van der Waals surface area contributed by atoms with Gasteiger partial charge >= 0.3 is 0 Å². The van der Waals surface area contributed by atoms with Gasteiger partial charge in [0.15, 0.2) is 5.43 Å². The van der Waals surface area contributed by atoms with Crippen molar-refractivity contribution in [2.75, 3.05) is 0 Å². The minimum atomic E-state index is -0.442. The Morgan fingerprint density at radius 2 is 1.94 bits per heavy atom. The third-order valence-electron chi connectivity index (χ3n) is 2.48. The molecule has 4 nitrogen and oxygen atoms in total. The Bertz CT molecular complexity index is 635. The molecule has 0 aliphatic carbocycles. The van der Waals surface area contributed by atoms with E-state index in [1.165, 1.54) is 18.2 Å². The lowest BCUT2D eigenvalue weighted by Crippen LogP contribution is -1.96. The molecule has 0 heterocycles. The summed E-state index contributed by atoms with van der Waals surface area (Å²) >= 11 is 0. The first-order valence-corrected chi connectivity index (χ1v) is 4.77. The molecule has 16 heavy (non-hydrogen) atoms. The summed E-state index contributed by atoms with van der Waals surface area (Å²) in [6.45, 7) is 1.70. The highest BCUT2D eigenvalue weighted by molar-refractivity contribution is 5.90. The Kier molecular flexibility index (Phi) is 2.40. The zero-order valence-electron chi connectivity index (χ0n) is 8.64. The van der Waals surface area contributed by atoms with Crippen LogP contribution < -0.4 is 5.43 Å². The molecule has 0 saturated carbocycles. The van der Waals surface area contributed by atoms with Crippen LogP contribution in [0.1, 0.15) is 5.56 Å². The van der Waals surface area contributed by atoms with Gasteiger partial charge in [0, 0.05) is 6.07 Å². The molecule has 0 unspecified atom stereocenters. The summed E-state index contributed by atoms with van der Waals surface area (Å²) in [4.78, 5) is 21.8. The number of hydrogen-bond acceptors (Lipinski definition) is 3. The molecule has 0 atom stereocenters. The SMILES string of the molecule is Cc1cc2cccc([N+](=O)[O-])c2ccc1=O. The van der Waals surface area contributed by atoms with Crippen molar-refractivity contribution in [2.45, 2.75) is 6.92 Å².